The number of rotatable bonds is 4. The number of hydrogen-bond acceptors (Lipinski definition) is 3. The number of halogens is 2. The van der Waals surface area contributed by atoms with Crippen LogP contribution in [0.1, 0.15) is 11.1 Å². The van der Waals surface area contributed by atoms with Gasteiger partial charge in [-0.2, -0.15) is 0 Å². The highest BCUT2D eigenvalue weighted by Gasteiger charge is 2.11. The molecule has 0 fully saturated rings. The molecule has 0 aromatic heterocycles. The number of benzene rings is 2. The molecule has 0 saturated carbocycles. The first kappa shape index (κ1) is 13.7. The van der Waals surface area contributed by atoms with E-state index in [-0.39, 0.29) is 5.17 Å². The number of nitrogens with zero attached hydrogens (tertiary/aromatic N) is 1. The zero-order chi connectivity index (χ0) is 13.7. The predicted octanol–water partition coefficient (Wildman–Crippen LogP) is 4.29. The highest BCUT2D eigenvalue weighted by atomic mass is 35.5. The predicted molar refractivity (Wildman–Crippen MR) is 76.4 cm³/mol. The van der Waals surface area contributed by atoms with E-state index in [0.29, 0.717) is 22.9 Å². The summed E-state index contributed by atoms with van der Waals surface area (Å²) < 4.78 is 5.63. The molecule has 5 heteroatoms. The highest BCUT2D eigenvalue weighted by Crippen LogP contribution is 2.30. The standard InChI is InChI=1S/C14H11Cl2NO2/c15-13-11(14(16)17-18)7-4-8-12(13)19-9-10-5-2-1-3-6-10/h1-8,18H,9H2/b17-14-. The van der Waals surface area contributed by atoms with E-state index in [1.807, 2.05) is 30.3 Å². The van der Waals surface area contributed by atoms with Crippen LogP contribution in [0.5, 0.6) is 5.75 Å². The second-order valence-corrected chi connectivity index (χ2v) is 4.52. The summed E-state index contributed by atoms with van der Waals surface area (Å²) in [7, 11) is 0. The smallest absolute Gasteiger partial charge is 0.176 e. The lowest BCUT2D eigenvalue weighted by Gasteiger charge is -2.10. The maximum absolute atomic E-state index is 8.67. The molecular formula is C14H11Cl2NO2. The van der Waals surface area contributed by atoms with E-state index < -0.39 is 0 Å². The molecule has 2 rings (SSSR count). The van der Waals surface area contributed by atoms with Crippen LogP contribution >= 0.6 is 23.2 Å². The lowest BCUT2D eigenvalue weighted by atomic mass is 10.2. The minimum atomic E-state index is -0.0739. The normalized spacial score (nSPS) is 11.4. The maximum Gasteiger partial charge on any atom is 0.176 e. The van der Waals surface area contributed by atoms with Crippen molar-refractivity contribution in [2.24, 2.45) is 5.16 Å². The van der Waals surface area contributed by atoms with Gasteiger partial charge in [-0.3, -0.25) is 0 Å². The van der Waals surface area contributed by atoms with E-state index in [4.69, 9.17) is 33.1 Å². The molecule has 0 saturated heterocycles. The number of ether oxygens (including phenoxy) is 1. The van der Waals surface area contributed by atoms with Gasteiger partial charge in [0.25, 0.3) is 0 Å². The van der Waals surface area contributed by atoms with Crippen molar-refractivity contribution < 1.29 is 9.94 Å². The van der Waals surface area contributed by atoms with Gasteiger partial charge in [-0.05, 0) is 17.7 Å². The molecule has 0 amide bonds. The topological polar surface area (TPSA) is 41.8 Å². The number of hydrogen-bond donors (Lipinski definition) is 1. The summed E-state index contributed by atoms with van der Waals surface area (Å²) in [5.41, 5.74) is 1.46. The molecule has 3 nitrogen and oxygen atoms in total. The van der Waals surface area contributed by atoms with Crippen molar-refractivity contribution in [1.82, 2.24) is 0 Å². The second-order valence-electron chi connectivity index (χ2n) is 3.78. The van der Waals surface area contributed by atoms with Crippen LogP contribution < -0.4 is 4.74 Å². The molecule has 0 radical (unpaired) electrons. The molecule has 0 aliphatic carbocycles. The summed E-state index contributed by atoms with van der Waals surface area (Å²) in [5, 5.41) is 11.8. The summed E-state index contributed by atoms with van der Waals surface area (Å²) in [4.78, 5) is 0. The highest BCUT2D eigenvalue weighted by molar-refractivity contribution is 6.70. The van der Waals surface area contributed by atoms with Crippen molar-refractivity contribution in [3.8, 4) is 5.75 Å². The van der Waals surface area contributed by atoms with E-state index >= 15 is 0 Å². The average molecular weight is 296 g/mol. The van der Waals surface area contributed by atoms with Crippen molar-refractivity contribution in [3.63, 3.8) is 0 Å². The molecule has 2 aromatic rings. The first-order valence-electron chi connectivity index (χ1n) is 5.55. The third-order valence-electron chi connectivity index (χ3n) is 2.51. The third-order valence-corrected chi connectivity index (χ3v) is 3.18. The molecule has 2 aromatic carbocycles. The summed E-state index contributed by atoms with van der Waals surface area (Å²) >= 11 is 11.9. The Hall–Kier alpha value is -1.71. The van der Waals surface area contributed by atoms with Gasteiger partial charge in [0.15, 0.2) is 5.17 Å². The van der Waals surface area contributed by atoms with E-state index in [0.717, 1.165) is 5.56 Å². The fourth-order valence-corrected chi connectivity index (χ4v) is 2.05. The van der Waals surface area contributed by atoms with Crippen LogP contribution in [0.15, 0.2) is 53.7 Å². The molecule has 1 N–H and O–H groups in total. The summed E-state index contributed by atoms with van der Waals surface area (Å²) in [5.74, 6) is 0.491. The lowest BCUT2D eigenvalue weighted by Crippen LogP contribution is -1.99. The van der Waals surface area contributed by atoms with E-state index in [2.05, 4.69) is 5.16 Å². The Bertz CT molecular complexity index is 585. The molecule has 0 atom stereocenters. The Morgan fingerprint density at radius 3 is 2.53 bits per heavy atom. The molecule has 0 aliphatic heterocycles. The first-order chi connectivity index (χ1) is 9.22. The second kappa shape index (κ2) is 6.45. The van der Waals surface area contributed by atoms with Crippen LogP contribution in [0, 0.1) is 0 Å². The first-order valence-corrected chi connectivity index (χ1v) is 6.31. The van der Waals surface area contributed by atoms with Gasteiger partial charge in [0.2, 0.25) is 0 Å². The summed E-state index contributed by atoms with van der Waals surface area (Å²) in [6.07, 6.45) is 0. The SMILES string of the molecule is O/N=C(\Cl)c1cccc(OCc2ccccc2)c1Cl. The van der Waals surface area contributed by atoms with Crippen LogP contribution in [-0.2, 0) is 6.61 Å². The lowest BCUT2D eigenvalue weighted by molar-refractivity contribution is 0.306. The van der Waals surface area contributed by atoms with Crippen molar-refractivity contribution in [1.29, 1.82) is 0 Å². The van der Waals surface area contributed by atoms with Crippen LogP contribution in [0.4, 0.5) is 0 Å². The Labute approximate surface area is 121 Å². The van der Waals surface area contributed by atoms with Gasteiger partial charge in [0.05, 0.1) is 5.02 Å². The maximum atomic E-state index is 8.67. The van der Waals surface area contributed by atoms with Gasteiger partial charge in [0, 0.05) is 5.56 Å². The summed E-state index contributed by atoms with van der Waals surface area (Å²) in [6.45, 7) is 0.401. The molecular weight excluding hydrogens is 285 g/mol. The largest absolute Gasteiger partial charge is 0.487 e. The van der Waals surface area contributed by atoms with Gasteiger partial charge in [0.1, 0.15) is 12.4 Å². The van der Waals surface area contributed by atoms with Gasteiger partial charge in [-0.25, -0.2) is 0 Å². The fraction of sp³-hybridized carbons (Fsp3) is 0.0714. The third kappa shape index (κ3) is 3.40. The Morgan fingerprint density at radius 1 is 1.11 bits per heavy atom. The molecule has 0 heterocycles. The molecule has 19 heavy (non-hydrogen) atoms. The molecule has 0 bridgehead atoms. The van der Waals surface area contributed by atoms with E-state index in [9.17, 15) is 0 Å². The van der Waals surface area contributed by atoms with Gasteiger partial charge in [-0.1, -0.05) is 64.8 Å². The van der Waals surface area contributed by atoms with Crippen molar-refractivity contribution >= 4 is 28.4 Å². The average Bonchev–Trinajstić information content (AvgIpc) is 2.46. The minimum Gasteiger partial charge on any atom is -0.487 e. The molecule has 98 valence electrons. The monoisotopic (exact) mass is 295 g/mol. The quantitative estimate of drug-likeness (QED) is 0.519. The molecule has 0 aliphatic rings. The van der Waals surface area contributed by atoms with E-state index in [1.165, 1.54) is 0 Å². The zero-order valence-corrected chi connectivity index (χ0v) is 11.4. The van der Waals surface area contributed by atoms with Gasteiger partial charge < -0.3 is 9.94 Å². The van der Waals surface area contributed by atoms with E-state index in [1.54, 1.807) is 18.2 Å². The van der Waals surface area contributed by atoms with Gasteiger partial charge >= 0.3 is 0 Å². The minimum absolute atomic E-state index is 0.0739. The molecule has 0 unspecified atom stereocenters. The van der Waals surface area contributed by atoms with Crippen LogP contribution in [-0.4, -0.2) is 10.4 Å². The van der Waals surface area contributed by atoms with Crippen LogP contribution in [0.25, 0.3) is 0 Å². The fourth-order valence-electron chi connectivity index (χ4n) is 1.57. The van der Waals surface area contributed by atoms with Crippen molar-refractivity contribution in [3.05, 3.63) is 64.7 Å². The number of oxime groups is 1. The Kier molecular flexibility index (Phi) is 4.66. The zero-order valence-electron chi connectivity index (χ0n) is 9.88. The van der Waals surface area contributed by atoms with Crippen LogP contribution in [0.2, 0.25) is 5.02 Å². The van der Waals surface area contributed by atoms with Crippen molar-refractivity contribution in [2.75, 3.05) is 0 Å². The Morgan fingerprint density at radius 2 is 1.84 bits per heavy atom. The molecule has 0 spiro atoms. The van der Waals surface area contributed by atoms with Crippen molar-refractivity contribution in [2.45, 2.75) is 6.61 Å². The summed E-state index contributed by atoms with van der Waals surface area (Å²) in [6, 6.07) is 14.8. The Balaban J connectivity index is 2.17. The van der Waals surface area contributed by atoms with Gasteiger partial charge in [-0.15, -0.1) is 0 Å². The van der Waals surface area contributed by atoms with Crippen LogP contribution in [0.3, 0.4) is 0 Å².